The van der Waals surface area contributed by atoms with Gasteiger partial charge in [-0.15, -0.1) is 0 Å². The summed E-state index contributed by atoms with van der Waals surface area (Å²) in [6, 6.07) is 11.4. The van der Waals surface area contributed by atoms with Crippen molar-refractivity contribution in [3.05, 3.63) is 90.0 Å². The number of hydrogen-bond acceptors (Lipinski definition) is 9. The van der Waals surface area contributed by atoms with E-state index in [1.165, 1.54) is 6.33 Å². The van der Waals surface area contributed by atoms with Crippen molar-refractivity contribution in [2.45, 2.75) is 102 Å². The zero-order chi connectivity index (χ0) is 43.5. The lowest BCUT2D eigenvalue weighted by Crippen LogP contribution is -2.60. The zero-order valence-electron chi connectivity index (χ0n) is 34.2. The highest BCUT2D eigenvalue weighted by molar-refractivity contribution is 5.96. The van der Waals surface area contributed by atoms with Gasteiger partial charge in [0.05, 0.1) is 12.4 Å². The highest BCUT2D eigenvalue weighted by Crippen LogP contribution is 2.12. The van der Waals surface area contributed by atoms with Gasteiger partial charge in [-0.3, -0.25) is 33.8 Å². The molecule has 6 amide bonds. The summed E-state index contributed by atoms with van der Waals surface area (Å²) in [6.07, 6.45) is 3.89. The van der Waals surface area contributed by atoms with Crippen LogP contribution in [0, 0.1) is 11.8 Å². The fourth-order valence-corrected chi connectivity index (χ4v) is 6.21. The van der Waals surface area contributed by atoms with E-state index >= 15 is 0 Å². The molecule has 0 aliphatic carbocycles. The number of primary amides is 1. The van der Waals surface area contributed by atoms with Crippen LogP contribution in [0.15, 0.2) is 78.2 Å². The smallest absolute Gasteiger partial charge is 0.243 e. The van der Waals surface area contributed by atoms with E-state index in [1.807, 2.05) is 26.0 Å². The van der Waals surface area contributed by atoms with Crippen molar-refractivity contribution in [2.24, 2.45) is 39.8 Å². The molecular formula is C41H60N12O6. The normalized spacial score (nSPS) is 14.2. The number of carbonyl (C=O) groups excluding carboxylic acids is 6. The number of aromatic amines is 1. The summed E-state index contributed by atoms with van der Waals surface area (Å²) in [7, 11) is 0. The number of rotatable bonds is 24. The fourth-order valence-electron chi connectivity index (χ4n) is 6.21. The van der Waals surface area contributed by atoms with Crippen LogP contribution in [0.1, 0.15) is 63.8 Å². The van der Waals surface area contributed by atoms with Crippen molar-refractivity contribution in [1.82, 2.24) is 36.6 Å². The molecule has 0 spiro atoms. The molecule has 0 aliphatic rings. The van der Waals surface area contributed by atoms with Gasteiger partial charge in [-0.25, -0.2) is 4.98 Å². The highest BCUT2D eigenvalue weighted by atomic mass is 16.2. The van der Waals surface area contributed by atoms with E-state index in [4.69, 9.17) is 22.9 Å². The zero-order valence-corrected chi connectivity index (χ0v) is 34.2. The van der Waals surface area contributed by atoms with Crippen molar-refractivity contribution >= 4 is 41.4 Å². The number of aromatic nitrogens is 2. The van der Waals surface area contributed by atoms with Crippen LogP contribution in [0.5, 0.6) is 0 Å². The van der Waals surface area contributed by atoms with E-state index in [-0.39, 0.29) is 56.9 Å². The van der Waals surface area contributed by atoms with Gasteiger partial charge in [-0.1, -0.05) is 88.4 Å². The number of amides is 6. The first-order chi connectivity index (χ1) is 28.0. The van der Waals surface area contributed by atoms with Gasteiger partial charge < -0.3 is 54.5 Å². The van der Waals surface area contributed by atoms with E-state index in [9.17, 15) is 28.8 Å². The predicted molar refractivity (Wildman–Crippen MR) is 224 cm³/mol. The first-order valence-electron chi connectivity index (χ1n) is 19.7. The monoisotopic (exact) mass is 816 g/mol. The number of benzene rings is 2. The number of hydrogen-bond donors (Lipinski definition) is 10. The van der Waals surface area contributed by atoms with Crippen LogP contribution in [-0.4, -0.2) is 94.2 Å². The molecule has 3 rings (SSSR count). The van der Waals surface area contributed by atoms with Crippen LogP contribution in [0.3, 0.4) is 0 Å². The summed E-state index contributed by atoms with van der Waals surface area (Å²) in [4.78, 5) is 92.2. The molecule has 0 saturated carbocycles. The van der Waals surface area contributed by atoms with E-state index in [2.05, 4.69) is 41.5 Å². The number of aliphatic imine (C=N–C) groups is 1. The van der Waals surface area contributed by atoms with Crippen LogP contribution < -0.4 is 49.5 Å². The minimum Gasteiger partial charge on any atom is -0.370 e. The molecule has 0 unspecified atom stereocenters. The first kappa shape index (κ1) is 47.1. The molecule has 14 N–H and O–H groups in total. The number of nitrogens with zero attached hydrogens (tertiary/aromatic N) is 2. The maximum absolute atomic E-state index is 14.2. The van der Waals surface area contributed by atoms with Crippen LogP contribution in [0.4, 0.5) is 0 Å². The van der Waals surface area contributed by atoms with E-state index in [0.29, 0.717) is 5.69 Å². The molecular weight excluding hydrogens is 757 g/mol. The van der Waals surface area contributed by atoms with Crippen molar-refractivity contribution in [2.75, 3.05) is 6.54 Å². The van der Waals surface area contributed by atoms with Gasteiger partial charge >= 0.3 is 0 Å². The summed E-state index contributed by atoms with van der Waals surface area (Å²) in [6.45, 7) is 7.38. The molecule has 0 radical (unpaired) electrons. The number of nitrogens with one attached hydrogen (secondary N) is 6. The Hall–Kier alpha value is -6.30. The Labute approximate surface area is 344 Å². The third-order valence-electron chi connectivity index (χ3n) is 9.35. The molecule has 0 fully saturated rings. The van der Waals surface area contributed by atoms with Crippen LogP contribution in [-0.2, 0) is 48.0 Å². The van der Waals surface area contributed by atoms with Crippen LogP contribution in [0.2, 0.25) is 0 Å². The van der Waals surface area contributed by atoms with E-state index in [1.54, 1.807) is 68.6 Å². The quantitative estimate of drug-likeness (QED) is 0.0312. The summed E-state index contributed by atoms with van der Waals surface area (Å²) in [5.41, 5.74) is 24.9. The Kier molecular flexibility index (Phi) is 19.0. The Morgan fingerprint density at radius 1 is 0.661 bits per heavy atom. The molecule has 0 bridgehead atoms. The van der Waals surface area contributed by atoms with Gasteiger partial charge in [0.15, 0.2) is 5.96 Å². The van der Waals surface area contributed by atoms with Crippen molar-refractivity contribution < 1.29 is 28.8 Å². The minimum atomic E-state index is -1.18. The van der Waals surface area contributed by atoms with Gasteiger partial charge in [0.2, 0.25) is 35.4 Å². The van der Waals surface area contributed by atoms with Crippen LogP contribution in [0.25, 0.3) is 0 Å². The number of H-pyrrole nitrogens is 1. The van der Waals surface area contributed by atoms with Gasteiger partial charge in [-0.2, -0.15) is 0 Å². The van der Waals surface area contributed by atoms with Gasteiger partial charge in [-0.05, 0) is 42.2 Å². The molecule has 59 heavy (non-hydrogen) atoms. The van der Waals surface area contributed by atoms with E-state index < -0.39 is 77.6 Å². The maximum Gasteiger partial charge on any atom is 0.243 e. The Balaban J connectivity index is 1.84. The number of guanidine groups is 1. The molecule has 0 saturated heterocycles. The van der Waals surface area contributed by atoms with Crippen molar-refractivity contribution in [3.8, 4) is 0 Å². The maximum atomic E-state index is 14.2. The molecule has 2 aromatic carbocycles. The van der Waals surface area contributed by atoms with Crippen molar-refractivity contribution in [3.63, 3.8) is 0 Å². The average molecular weight is 817 g/mol. The van der Waals surface area contributed by atoms with E-state index in [0.717, 1.165) is 11.1 Å². The first-order valence-corrected chi connectivity index (χ1v) is 19.7. The Bertz CT molecular complexity index is 1840. The van der Waals surface area contributed by atoms with Gasteiger partial charge in [0, 0.05) is 37.7 Å². The number of nitrogens with two attached hydrogens (primary N) is 4. The molecule has 3 aromatic rings. The lowest BCUT2D eigenvalue weighted by molar-refractivity contribution is -0.135. The third-order valence-corrected chi connectivity index (χ3v) is 9.35. The van der Waals surface area contributed by atoms with Crippen LogP contribution >= 0.6 is 0 Å². The largest absolute Gasteiger partial charge is 0.370 e. The third kappa shape index (κ3) is 16.6. The van der Waals surface area contributed by atoms with Gasteiger partial charge in [0.25, 0.3) is 0 Å². The molecule has 1 aromatic heterocycles. The summed E-state index contributed by atoms with van der Waals surface area (Å²) in [5, 5.41) is 13.7. The summed E-state index contributed by atoms with van der Waals surface area (Å²) >= 11 is 0. The lowest BCUT2D eigenvalue weighted by Gasteiger charge is -2.29. The van der Waals surface area contributed by atoms with Crippen molar-refractivity contribution in [1.29, 1.82) is 0 Å². The number of imidazole rings is 1. The molecule has 320 valence electrons. The predicted octanol–water partition coefficient (Wildman–Crippen LogP) is -0.570. The standard InChI is InChI=1S/C41H60N12O6/c1-24(2)18-32(38(57)49-30(16-11-17-47-41(44)45)37(56)50-31(35(43)54)19-26-12-7-5-8-13-26)51-39(58)33(20-27-14-9-6-10-15-27)52-40(59)34(25(3)4)53-36(55)29(42)21-28-22-46-23-48-28/h5-10,12-15,22-25,29-34H,11,16-21,42H2,1-4H3,(H2,43,54)(H,46,48)(H,49,57)(H,50,56)(H,51,58)(H,52,59)(H,53,55)(H4,44,45,47)/t29-,30-,31-,32-,33-,34-/m0/s1. The minimum absolute atomic E-state index is 0.0538. The lowest BCUT2D eigenvalue weighted by atomic mass is 9.99. The molecule has 0 aliphatic heterocycles. The number of carbonyl (C=O) groups is 6. The summed E-state index contributed by atoms with van der Waals surface area (Å²) in [5.74, 6) is -4.59. The van der Waals surface area contributed by atoms with Gasteiger partial charge in [0.1, 0.15) is 30.2 Å². The second-order valence-electron chi connectivity index (χ2n) is 15.2. The second-order valence-corrected chi connectivity index (χ2v) is 15.2. The fraction of sp³-hybridized carbons (Fsp3) is 0.463. The molecule has 1 heterocycles. The average Bonchev–Trinajstić information content (AvgIpc) is 3.70. The summed E-state index contributed by atoms with van der Waals surface area (Å²) < 4.78 is 0. The Morgan fingerprint density at radius 3 is 1.71 bits per heavy atom. The molecule has 18 nitrogen and oxygen atoms in total. The topological polar surface area (TPSA) is 308 Å². The highest BCUT2D eigenvalue weighted by Gasteiger charge is 2.34. The Morgan fingerprint density at radius 2 is 1.19 bits per heavy atom. The molecule has 18 heteroatoms. The second kappa shape index (κ2) is 23.8. The molecule has 6 atom stereocenters. The SMILES string of the molecule is CC(C)C[C@H](NC(=O)[C@H](Cc1ccccc1)NC(=O)[C@@H](NC(=O)[C@@H](N)Cc1cnc[nH]1)C(C)C)C(=O)N[C@@H](CCCN=C(N)N)C(=O)N[C@@H](Cc1ccccc1)C(N)=O.